The van der Waals surface area contributed by atoms with Gasteiger partial charge in [-0.05, 0) is 30.3 Å². The van der Waals surface area contributed by atoms with Gasteiger partial charge in [0.1, 0.15) is 5.82 Å². The van der Waals surface area contributed by atoms with E-state index in [1.165, 1.54) is 0 Å². The number of hydrogen-bond donors (Lipinski definition) is 1. The van der Waals surface area contributed by atoms with E-state index >= 15 is 0 Å². The van der Waals surface area contributed by atoms with Crippen LogP contribution in [0.1, 0.15) is 16.2 Å². The van der Waals surface area contributed by atoms with E-state index in [1.807, 2.05) is 35.9 Å². The molecule has 22 heavy (non-hydrogen) atoms. The van der Waals surface area contributed by atoms with Crippen molar-refractivity contribution in [3.8, 4) is 0 Å². The molecular weight excluding hydrogens is 321 g/mol. The van der Waals surface area contributed by atoms with Crippen LogP contribution in [0.3, 0.4) is 0 Å². The van der Waals surface area contributed by atoms with Crippen LogP contribution in [0.2, 0.25) is 10.0 Å². The van der Waals surface area contributed by atoms with Gasteiger partial charge in [0.25, 0.3) is 5.91 Å². The zero-order valence-electron chi connectivity index (χ0n) is 11.8. The van der Waals surface area contributed by atoms with Gasteiger partial charge in [0.2, 0.25) is 0 Å². The molecule has 0 fully saturated rings. The van der Waals surface area contributed by atoms with Crippen LogP contribution >= 0.6 is 23.2 Å². The van der Waals surface area contributed by atoms with Crippen molar-refractivity contribution in [3.05, 3.63) is 63.9 Å². The Morgan fingerprint density at radius 3 is 2.55 bits per heavy atom. The van der Waals surface area contributed by atoms with Gasteiger partial charge in [-0.1, -0.05) is 35.3 Å². The summed E-state index contributed by atoms with van der Waals surface area (Å²) >= 11 is 11.8. The van der Waals surface area contributed by atoms with Crippen molar-refractivity contribution in [1.29, 1.82) is 0 Å². The van der Waals surface area contributed by atoms with Gasteiger partial charge in [-0.15, -0.1) is 0 Å². The quantitative estimate of drug-likeness (QED) is 0.792. The molecule has 1 heterocycles. The number of hydrogen-bond acceptors (Lipinski definition) is 2. The molecular formula is C16H13Cl2N3O. The van der Waals surface area contributed by atoms with Gasteiger partial charge in [-0.3, -0.25) is 4.79 Å². The number of carbonyl (C=O) groups excluding carboxylic acids is 1. The second kappa shape index (κ2) is 5.99. The van der Waals surface area contributed by atoms with E-state index in [0.29, 0.717) is 22.2 Å². The highest BCUT2D eigenvalue weighted by molar-refractivity contribution is 6.35. The van der Waals surface area contributed by atoms with Crippen LogP contribution in [0.5, 0.6) is 0 Å². The molecule has 0 bridgehead atoms. The molecule has 0 atom stereocenters. The van der Waals surface area contributed by atoms with E-state index in [-0.39, 0.29) is 5.91 Å². The number of aryl methyl sites for hydroxylation is 1. The predicted molar refractivity (Wildman–Crippen MR) is 88.3 cm³/mol. The minimum atomic E-state index is -0.239. The molecule has 0 unspecified atom stereocenters. The monoisotopic (exact) mass is 333 g/mol. The van der Waals surface area contributed by atoms with E-state index in [4.69, 9.17) is 23.2 Å². The zero-order valence-corrected chi connectivity index (χ0v) is 13.3. The number of fused-ring (bicyclic) bond motifs is 1. The van der Waals surface area contributed by atoms with E-state index < -0.39 is 0 Å². The highest BCUT2D eigenvalue weighted by Crippen LogP contribution is 2.19. The fourth-order valence-electron chi connectivity index (χ4n) is 2.30. The fourth-order valence-corrected chi connectivity index (χ4v) is 2.83. The molecule has 1 N–H and O–H groups in total. The Kier molecular flexibility index (Phi) is 4.05. The van der Waals surface area contributed by atoms with E-state index in [2.05, 4.69) is 10.3 Å². The van der Waals surface area contributed by atoms with Gasteiger partial charge in [-0.25, -0.2) is 4.98 Å². The molecule has 112 valence electrons. The number of rotatable bonds is 3. The summed E-state index contributed by atoms with van der Waals surface area (Å²) in [5.74, 6) is 0.541. The molecule has 0 radical (unpaired) electrons. The third-order valence-electron chi connectivity index (χ3n) is 3.41. The number of carbonyl (C=O) groups is 1. The van der Waals surface area contributed by atoms with Crippen LogP contribution in [0.4, 0.5) is 0 Å². The lowest BCUT2D eigenvalue weighted by molar-refractivity contribution is 0.0949. The third kappa shape index (κ3) is 2.93. The molecule has 2 aromatic carbocycles. The summed E-state index contributed by atoms with van der Waals surface area (Å²) in [6.45, 7) is 0.328. The summed E-state index contributed by atoms with van der Waals surface area (Å²) < 4.78 is 1.96. The number of halogens is 2. The normalized spacial score (nSPS) is 10.9. The maximum atomic E-state index is 12.2. The first-order valence-electron chi connectivity index (χ1n) is 6.69. The Bertz CT molecular complexity index is 837. The Hall–Kier alpha value is -2.04. The lowest BCUT2D eigenvalue weighted by Crippen LogP contribution is -2.24. The summed E-state index contributed by atoms with van der Waals surface area (Å²) in [4.78, 5) is 16.7. The smallest absolute Gasteiger partial charge is 0.251 e. The summed E-state index contributed by atoms with van der Waals surface area (Å²) in [5.41, 5.74) is 2.36. The Labute approximate surface area is 137 Å². The summed E-state index contributed by atoms with van der Waals surface area (Å²) in [7, 11) is 1.92. The van der Waals surface area contributed by atoms with Crippen molar-refractivity contribution in [2.24, 2.45) is 7.05 Å². The molecule has 0 saturated heterocycles. The van der Waals surface area contributed by atoms with Gasteiger partial charge in [0.05, 0.1) is 17.6 Å². The molecule has 0 saturated carbocycles. The van der Waals surface area contributed by atoms with Gasteiger partial charge in [0, 0.05) is 22.7 Å². The molecule has 6 heteroatoms. The number of amides is 1. The molecule has 0 aliphatic rings. The molecule has 0 aliphatic heterocycles. The van der Waals surface area contributed by atoms with E-state index in [0.717, 1.165) is 16.9 Å². The first-order chi connectivity index (χ1) is 10.5. The van der Waals surface area contributed by atoms with E-state index in [1.54, 1.807) is 18.2 Å². The maximum absolute atomic E-state index is 12.2. The van der Waals surface area contributed by atoms with Crippen molar-refractivity contribution in [2.75, 3.05) is 0 Å². The second-order valence-corrected chi connectivity index (χ2v) is 5.79. The van der Waals surface area contributed by atoms with Gasteiger partial charge < -0.3 is 9.88 Å². The molecule has 3 aromatic rings. The Morgan fingerprint density at radius 2 is 1.86 bits per heavy atom. The van der Waals surface area contributed by atoms with Gasteiger partial charge >= 0.3 is 0 Å². The number of imidazole rings is 1. The fraction of sp³-hybridized carbons (Fsp3) is 0.125. The van der Waals surface area contributed by atoms with Crippen LogP contribution in [0, 0.1) is 0 Å². The van der Waals surface area contributed by atoms with Crippen LogP contribution in [0.15, 0.2) is 42.5 Å². The zero-order chi connectivity index (χ0) is 15.7. The summed E-state index contributed by atoms with van der Waals surface area (Å²) in [6.07, 6.45) is 0. The molecule has 0 spiro atoms. The highest BCUT2D eigenvalue weighted by atomic mass is 35.5. The first-order valence-corrected chi connectivity index (χ1v) is 7.45. The van der Waals surface area contributed by atoms with E-state index in [9.17, 15) is 4.79 Å². The summed E-state index contributed by atoms with van der Waals surface area (Å²) in [5, 5.41) is 3.69. The average Bonchev–Trinajstić information content (AvgIpc) is 2.81. The molecule has 1 amide bonds. The predicted octanol–water partition coefficient (Wildman–Crippen LogP) is 3.81. The number of nitrogens with one attached hydrogen (secondary N) is 1. The standard InChI is InChI=1S/C16H13Cl2N3O/c1-21-14-5-3-2-4-13(14)20-15(21)9-19-16(22)10-6-11(17)8-12(18)7-10/h2-8H,9H2,1H3,(H,19,22). The van der Waals surface area contributed by atoms with Crippen molar-refractivity contribution in [1.82, 2.24) is 14.9 Å². The molecule has 1 aromatic heterocycles. The van der Waals surface area contributed by atoms with Crippen molar-refractivity contribution < 1.29 is 4.79 Å². The largest absolute Gasteiger partial charge is 0.345 e. The Morgan fingerprint density at radius 1 is 1.18 bits per heavy atom. The van der Waals surface area contributed by atoms with Gasteiger partial charge in [0.15, 0.2) is 0 Å². The van der Waals surface area contributed by atoms with Gasteiger partial charge in [-0.2, -0.15) is 0 Å². The lowest BCUT2D eigenvalue weighted by Gasteiger charge is -2.06. The molecule has 0 aliphatic carbocycles. The van der Waals surface area contributed by atoms with Crippen molar-refractivity contribution in [3.63, 3.8) is 0 Å². The van der Waals surface area contributed by atoms with Crippen LogP contribution < -0.4 is 5.32 Å². The van der Waals surface area contributed by atoms with Crippen LogP contribution in [0.25, 0.3) is 11.0 Å². The van der Waals surface area contributed by atoms with Crippen molar-refractivity contribution >= 4 is 40.1 Å². The summed E-state index contributed by atoms with van der Waals surface area (Å²) in [6, 6.07) is 12.6. The number of benzene rings is 2. The minimum absolute atomic E-state index is 0.239. The number of nitrogens with zero attached hydrogens (tertiary/aromatic N) is 2. The first kappa shape index (κ1) is 14.9. The number of para-hydroxylation sites is 2. The third-order valence-corrected chi connectivity index (χ3v) is 3.85. The second-order valence-electron chi connectivity index (χ2n) is 4.92. The highest BCUT2D eigenvalue weighted by Gasteiger charge is 2.11. The molecule has 4 nitrogen and oxygen atoms in total. The van der Waals surface area contributed by atoms with Crippen LogP contribution in [-0.2, 0) is 13.6 Å². The Balaban J connectivity index is 1.78. The lowest BCUT2D eigenvalue weighted by atomic mass is 10.2. The maximum Gasteiger partial charge on any atom is 0.251 e. The van der Waals surface area contributed by atoms with Crippen molar-refractivity contribution in [2.45, 2.75) is 6.54 Å². The number of aromatic nitrogens is 2. The molecule has 3 rings (SSSR count). The minimum Gasteiger partial charge on any atom is -0.345 e. The topological polar surface area (TPSA) is 46.9 Å². The SMILES string of the molecule is Cn1c(CNC(=O)c2cc(Cl)cc(Cl)c2)nc2ccccc21. The average molecular weight is 334 g/mol. The van der Waals surface area contributed by atoms with Crippen LogP contribution in [-0.4, -0.2) is 15.5 Å².